The molecule has 29 heavy (non-hydrogen) atoms. The first-order valence-corrected chi connectivity index (χ1v) is 9.83. The Bertz CT molecular complexity index is 941. The van der Waals surface area contributed by atoms with Crippen molar-refractivity contribution < 1.29 is 23.8 Å². The Hall–Kier alpha value is -3.02. The SMILES string of the molecule is COc1ccc(CCC(=O)N2CCC3(CC(=O)c4ccccc4O3)C2)c(OC)c1. The topological polar surface area (TPSA) is 65.1 Å². The predicted octanol–water partition coefficient (Wildman–Crippen LogP) is 3.27. The lowest BCUT2D eigenvalue weighted by molar-refractivity contribution is -0.130. The van der Waals surface area contributed by atoms with Crippen LogP contribution >= 0.6 is 0 Å². The van der Waals surface area contributed by atoms with Crippen LogP contribution < -0.4 is 14.2 Å². The van der Waals surface area contributed by atoms with Gasteiger partial charge in [-0.15, -0.1) is 0 Å². The highest BCUT2D eigenvalue weighted by atomic mass is 16.5. The third kappa shape index (κ3) is 3.79. The number of hydrogen-bond acceptors (Lipinski definition) is 5. The van der Waals surface area contributed by atoms with E-state index in [9.17, 15) is 9.59 Å². The molecule has 1 spiro atoms. The van der Waals surface area contributed by atoms with Crippen molar-refractivity contribution in [1.29, 1.82) is 0 Å². The van der Waals surface area contributed by atoms with Gasteiger partial charge in [-0.3, -0.25) is 9.59 Å². The summed E-state index contributed by atoms with van der Waals surface area (Å²) in [6, 6.07) is 13.0. The Kier molecular flexibility index (Phi) is 5.18. The van der Waals surface area contributed by atoms with Crippen LogP contribution in [0.25, 0.3) is 0 Å². The molecule has 1 saturated heterocycles. The van der Waals surface area contributed by atoms with Gasteiger partial charge in [-0.1, -0.05) is 18.2 Å². The van der Waals surface area contributed by atoms with Gasteiger partial charge in [-0.2, -0.15) is 0 Å². The first kappa shape index (κ1) is 19.3. The summed E-state index contributed by atoms with van der Waals surface area (Å²) < 4.78 is 16.8. The van der Waals surface area contributed by atoms with Crippen LogP contribution in [0.1, 0.15) is 35.2 Å². The van der Waals surface area contributed by atoms with Gasteiger partial charge in [0.25, 0.3) is 0 Å². The zero-order chi connectivity index (χ0) is 20.4. The Labute approximate surface area is 170 Å². The van der Waals surface area contributed by atoms with Gasteiger partial charge in [0, 0.05) is 25.5 Å². The highest BCUT2D eigenvalue weighted by Gasteiger charge is 2.46. The van der Waals surface area contributed by atoms with E-state index in [0.29, 0.717) is 55.8 Å². The summed E-state index contributed by atoms with van der Waals surface area (Å²) in [5.41, 5.74) is 1.00. The Morgan fingerprint density at radius 1 is 1.17 bits per heavy atom. The number of methoxy groups -OCH3 is 2. The minimum absolute atomic E-state index is 0.0645. The van der Waals surface area contributed by atoms with Crippen LogP contribution in [0.4, 0.5) is 0 Å². The smallest absolute Gasteiger partial charge is 0.223 e. The number of nitrogens with zero attached hydrogens (tertiary/aromatic N) is 1. The minimum atomic E-state index is -0.598. The predicted molar refractivity (Wildman–Crippen MR) is 108 cm³/mol. The van der Waals surface area contributed by atoms with Crippen molar-refractivity contribution in [1.82, 2.24) is 4.90 Å². The number of benzene rings is 2. The number of carbonyl (C=O) groups is 2. The van der Waals surface area contributed by atoms with Crippen molar-refractivity contribution in [3.05, 3.63) is 53.6 Å². The van der Waals surface area contributed by atoms with Gasteiger partial charge in [0.1, 0.15) is 22.8 Å². The second-order valence-corrected chi connectivity index (χ2v) is 7.62. The van der Waals surface area contributed by atoms with Crippen molar-refractivity contribution in [3.8, 4) is 17.2 Å². The second kappa shape index (κ2) is 7.78. The molecule has 152 valence electrons. The molecule has 6 heteroatoms. The molecule has 6 nitrogen and oxygen atoms in total. The van der Waals surface area contributed by atoms with Crippen molar-refractivity contribution in [2.24, 2.45) is 0 Å². The van der Waals surface area contributed by atoms with Gasteiger partial charge >= 0.3 is 0 Å². The number of aryl methyl sites for hydroxylation is 1. The van der Waals surface area contributed by atoms with Crippen molar-refractivity contribution in [2.45, 2.75) is 31.3 Å². The molecule has 0 aliphatic carbocycles. The Morgan fingerprint density at radius 2 is 2.00 bits per heavy atom. The van der Waals surface area contributed by atoms with E-state index in [0.717, 1.165) is 11.3 Å². The Morgan fingerprint density at radius 3 is 2.79 bits per heavy atom. The van der Waals surface area contributed by atoms with Crippen LogP contribution in [-0.2, 0) is 11.2 Å². The number of amides is 1. The van der Waals surface area contributed by atoms with E-state index in [4.69, 9.17) is 14.2 Å². The number of Topliss-reactive ketones (excluding diaryl/α,β-unsaturated/α-hetero) is 1. The summed E-state index contributed by atoms with van der Waals surface area (Å²) in [7, 11) is 3.22. The molecule has 0 bridgehead atoms. The number of para-hydroxylation sites is 1. The summed E-state index contributed by atoms with van der Waals surface area (Å²) in [5, 5.41) is 0. The maximum Gasteiger partial charge on any atom is 0.223 e. The number of likely N-dealkylation sites (tertiary alicyclic amines) is 1. The molecule has 1 fully saturated rings. The molecule has 0 aromatic heterocycles. The Balaban J connectivity index is 1.40. The molecule has 2 aromatic carbocycles. The third-order valence-electron chi connectivity index (χ3n) is 5.77. The van der Waals surface area contributed by atoms with E-state index in [1.54, 1.807) is 20.3 Å². The van der Waals surface area contributed by atoms with Crippen LogP contribution in [0.5, 0.6) is 17.2 Å². The molecule has 1 unspecified atom stereocenters. The first-order chi connectivity index (χ1) is 14.0. The van der Waals surface area contributed by atoms with Gasteiger partial charge < -0.3 is 19.1 Å². The van der Waals surface area contributed by atoms with E-state index in [2.05, 4.69) is 0 Å². The summed E-state index contributed by atoms with van der Waals surface area (Å²) in [6.07, 6.45) is 1.95. The van der Waals surface area contributed by atoms with Gasteiger partial charge in [0.05, 0.1) is 32.7 Å². The second-order valence-electron chi connectivity index (χ2n) is 7.62. The number of hydrogen-bond donors (Lipinski definition) is 0. The van der Waals surface area contributed by atoms with Crippen LogP contribution in [-0.4, -0.2) is 49.5 Å². The zero-order valence-corrected chi connectivity index (χ0v) is 16.8. The minimum Gasteiger partial charge on any atom is -0.497 e. The average Bonchev–Trinajstić information content (AvgIpc) is 3.14. The van der Waals surface area contributed by atoms with E-state index >= 15 is 0 Å². The van der Waals surface area contributed by atoms with Crippen LogP contribution in [0.3, 0.4) is 0 Å². The fourth-order valence-electron chi connectivity index (χ4n) is 4.19. The summed E-state index contributed by atoms with van der Waals surface area (Å²) in [4.78, 5) is 27.2. The lowest BCUT2D eigenvalue weighted by Gasteiger charge is -2.34. The average molecular weight is 395 g/mol. The molecule has 1 atom stereocenters. The maximum absolute atomic E-state index is 12.8. The van der Waals surface area contributed by atoms with E-state index < -0.39 is 5.60 Å². The van der Waals surface area contributed by atoms with Gasteiger partial charge in [-0.25, -0.2) is 0 Å². The highest BCUT2D eigenvalue weighted by Crippen LogP contribution is 2.38. The molecule has 0 N–H and O–H groups in total. The zero-order valence-electron chi connectivity index (χ0n) is 16.8. The van der Waals surface area contributed by atoms with Crippen LogP contribution in [0.15, 0.2) is 42.5 Å². The standard InChI is InChI=1S/C23H25NO5/c1-27-17-9-7-16(21(13-17)28-2)8-10-22(26)24-12-11-23(15-24)14-19(25)18-5-3-4-6-20(18)29-23/h3-7,9,13H,8,10-12,14-15H2,1-2H3. The molecule has 0 saturated carbocycles. The molecular formula is C23H25NO5. The first-order valence-electron chi connectivity index (χ1n) is 9.83. The molecule has 2 aromatic rings. The molecule has 2 aliphatic rings. The molecule has 1 amide bonds. The number of ketones is 1. The normalized spacial score (nSPS) is 20.3. The number of ether oxygens (including phenoxy) is 3. The third-order valence-corrected chi connectivity index (χ3v) is 5.77. The lowest BCUT2D eigenvalue weighted by Crippen LogP contribution is -2.45. The van der Waals surface area contributed by atoms with Crippen molar-refractivity contribution in [2.75, 3.05) is 27.3 Å². The maximum atomic E-state index is 12.8. The van der Waals surface area contributed by atoms with Gasteiger partial charge in [-0.05, 0) is 30.2 Å². The monoisotopic (exact) mass is 395 g/mol. The quantitative estimate of drug-likeness (QED) is 0.777. The highest BCUT2D eigenvalue weighted by molar-refractivity contribution is 6.00. The summed E-state index contributed by atoms with van der Waals surface area (Å²) in [5.74, 6) is 2.21. The molecular weight excluding hydrogens is 370 g/mol. The summed E-state index contributed by atoms with van der Waals surface area (Å²) in [6.45, 7) is 1.06. The van der Waals surface area contributed by atoms with Crippen LogP contribution in [0, 0.1) is 0 Å². The largest absolute Gasteiger partial charge is 0.497 e. The molecule has 4 rings (SSSR count). The number of fused-ring (bicyclic) bond motifs is 1. The fourth-order valence-corrected chi connectivity index (χ4v) is 4.19. The van der Waals surface area contributed by atoms with Gasteiger partial charge in [0.2, 0.25) is 5.91 Å². The van der Waals surface area contributed by atoms with Crippen molar-refractivity contribution >= 4 is 11.7 Å². The molecule has 2 aliphatic heterocycles. The summed E-state index contributed by atoms with van der Waals surface area (Å²) >= 11 is 0. The number of carbonyl (C=O) groups excluding carboxylic acids is 2. The van der Waals surface area contributed by atoms with Crippen LogP contribution in [0.2, 0.25) is 0 Å². The number of rotatable bonds is 5. The van der Waals surface area contributed by atoms with E-state index in [1.165, 1.54) is 0 Å². The fraction of sp³-hybridized carbons (Fsp3) is 0.391. The lowest BCUT2D eigenvalue weighted by atomic mass is 9.89. The molecule has 0 radical (unpaired) electrons. The van der Waals surface area contributed by atoms with Crippen molar-refractivity contribution in [3.63, 3.8) is 0 Å². The van der Waals surface area contributed by atoms with Gasteiger partial charge in [0.15, 0.2) is 5.78 Å². The van der Waals surface area contributed by atoms with E-state index in [1.807, 2.05) is 41.3 Å². The van der Waals surface area contributed by atoms with E-state index in [-0.39, 0.29) is 11.7 Å². The molecule has 2 heterocycles.